The maximum Gasteiger partial charge on any atom is 0.247 e. The molecule has 2 aromatic rings. The molecule has 7 nitrogen and oxygen atoms in total. The lowest BCUT2D eigenvalue weighted by molar-refractivity contribution is -0.121. The van der Waals surface area contributed by atoms with Crippen LogP contribution in [0.25, 0.3) is 0 Å². The summed E-state index contributed by atoms with van der Waals surface area (Å²) in [7, 11) is 0. The zero-order valence-corrected chi connectivity index (χ0v) is 16.8. The Labute approximate surface area is 177 Å². The van der Waals surface area contributed by atoms with E-state index in [9.17, 15) is 24.9 Å². The number of benzene rings is 2. The number of imide groups is 1. The molecular formula is C22H16N4O3S. The Morgan fingerprint density at radius 3 is 2.27 bits per heavy atom. The van der Waals surface area contributed by atoms with Crippen molar-refractivity contribution in [3.05, 3.63) is 70.8 Å². The monoisotopic (exact) mass is 416 g/mol. The fourth-order valence-electron chi connectivity index (χ4n) is 2.88. The van der Waals surface area contributed by atoms with E-state index in [1.165, 1.54) is 6.92 Å². The Kier molecular flexibility index (Phi) is 6.31. The van der Waals surface area contributed by atoms with Gasteiger partial charge in [0.1, 0.15) is 17.2 Å². The molecule has 1 aliphatic rings. The third-order valence-corrected chi connectivity index (χ3v) is 5.57. The van der Waals surface area contributed by atoms with Gasteiger partial charge in [0, 0.05) is 17.7 Å². The van der Waals surface area contributed by atoms with Crippen LogP contribution < -0.4 is 10.2 Å². The lowest BCUT2D eigenvalue weighted by Gasteiger charge is -2.16. The van der Waals surface area contributed by atoms with Crippen molar-refractivity contribution >= 4 is 40.7 Å². The molecule has 0 spiro atoms. The first-order valence-corrected chi connectivity index (χ1v) is 9.83. The molecule has 2 amide bonds. The zero-order valence-electron chi connectivity index (χ0n) is 16.0. The van der Waals surface area contributed by atoms with E-state index in [0.717, 1.165) is 16.7 Å². The number of amides is 2. The second-order valence-corrected chi connectivity index (χ2v) is 7.61. The number of rotatable bonds is 6. The van der Waals surface area contributed by atoms with Crippen LogP contribution in [-0.2, 0) is 9.59 Å². The highest BCUT2D eigenvalue weighted by Gasteiger charge is 2.41. The van der Waals surface area contributed by atoms with Gasteiger partial charge in [0.15, 0.2) is 11.4 Å². The second kappa shape index (κ2) is 9.08. The summed E-state index contributed by atoms with van der Waals surface area (Å²) in [5.74, 6) is -0.942. The highest BCUT2D eigenvalue weighted by Crippen LogP contribution is 2.35. The number of anilines is 2. The minimum atomic E-state index is -0.784. The van der Waals surface area contributed by atoms with Gasteiger partial charge in [0.2, 0.25) is 11.8 Å². The van der Waals surface area contributed by atoms with Crippen molar-refractivity contribution in [2.24, 2.45) is 0 Å². The van der Waals surface area contributed by atoms with E-state index in [1.807, 2.05) is 18.2 Å². The van der Waals surface area contributed by atoms with E-state index in [2.05, 4.69) is 5.32 Å². The van der Waals surface area contributed by atoms with Gasteiger partial charge in [0.25, 0.3) is 0 Å². The molecular weight excluding hydrogens is 400 g/mol. The molecule has 0 radical (unpaired) electrons. The number of hydrogen-bond acceptors (Lipinski definition) is 7. The van der Waals surface area contributed by atoms with Crippen molar-refractivity contribution in [1.82, 2.24) is 0 Å². The standard InChI is InChI=1S/C22H16N4O3S/c1-14(27)15-7-9-18(10-8-15)26-20(28)11-19(22(26)29)30-21(16(12-23)13-24)25-17-5-3-2-4-6-17/h2-10,19,25H,11H2,1H3/t19-/m1/s1. The largest absolute Gasteiger partial charge is 0.349 e. The van der Waals surface area contributed by atoms with Gasteiger partial charge in [-0.05, 0) is 43.3 Å². The number of ketones is 1. The fraction of sp³-hybridized carbons (Fsp3) is 0.136. The number of thioether (sulfide) groups is 1. The summed E-state index contributed by atoms with van der Waals surface area (Å²) in [4.78, 5) is 37.9. The molecule has 1 heterocycles. The topological polar surface area (TPSA) is 114 Å². The molecule has 1 N–H and O–H groups in total. The Morgan fingerprint density at radius 1 is 1.07 bits per heavy atom. The molecule has 0 unspecified atom stereocenters. The fourth-order valence-corrected chi connectivity index (χ4v) is 3.99. The van der Waals surface area contributed by atoms with E-state index in [0.29, 0.717) is 16.9 Å². The van der Waals surface area contributed by atoms with E-state index >= 15 is 0 Å². The van der Waals surface area contributed by atoms with Crippen LogP contribution in [0.2, 0.25) is 0 Å². The summed E-state index contributed by atoms with van der Waals surface area (Å²) in [6, 6.07) is 18.8. The van der Waals surface area contributed by atoms with E-state index in [-0.39, 0.29) is 28.7 Å². The van der Waals surface area contributed by atoms with Crippen LogP contribution in [0.5, 0.6) is 0 Å². The lowest BCUT2D eigenvalue weighted by atomic mass is 10.1. The Hall–Kier alpha value is -3.88. The van der Waals surface area contributed by atoms with Gasteiger partial charge < -0.3 is 5.32 Å². The highest BCUT2D eigenvalue weighted by atomic mass is 32.2. The molecule has 148 valence electrons. The van der Waals surface area contributed by atoms with Gasteiger partial charge >= 0.3 is 0 Å². The van der Waals surface area contributed by atoms with Crippen molar-refractivity contribution in [2.45, 2.75) is 18.6 Å². The highest BCUT2D eigenvalue weighted by molar-refractivity contribution is 8.04. The molecule has 0 saturated carbocycles. The maximum absolute atomic E-state index is 12.9. The van der Waals surface area contributed by atoms with Gasteiger partial charge in [-0.1, -0.05) is 30.0 Å². The number of Topliss-reactive ketones (excluding diaryl/α,β-unsaturated/α-hetero) is 1. The normalized spacial score (nSPS) is 15.3. The molecule has 1 saturated heterocycles. The van der Waals surface area contributed by atoms with E-state index in [1.54, 1.807) is 48.5 Å². The predicted octanol–water partition coefficient (Wildman–Crippen LogP) is 3.63. The van der Waals surface area contributed by atoms with Crippen LogP contribution in [0.4, 0.5) is 11.4 Å². The first-order chi connectivity index (χ1) is 14.4. The number of allylic oxidation sites excluding steroid dienone is 1. The summed E-state index contributed by atoms with van der Waals surface area (Å²) in [5.41, 5.74) is 1.33. The summed E-state index contributed by atoms with van der Waals surface area (Å²) < 4.78 is 0. The molecule has 1 fully saturated rings. The number of carbonyl (C=O) groups excluding carboxylic acids is 3. The van der Waals surface area contributed by atoms with E-state index < -0.39 is 11.2 Å². The number of carbonyl (C=O) groups is 3. The molecule has 0 bridgehead atoms. The number of nitrogens with one attached hydrogen (secondary N) is 1. The van der Waals surface area contributed by atoms with Crippen molar-refractivity contribution < 1.29 is 14.4 Å². The third-order valence-electron chi connectivity index (χ3n) is 4.38. The quantitative estimate of drug-likeness (QED) is 0.434. The number of hydrogen-bond donors (Lipinski definition) is 1. The van der Waals surface area contributed by atoms with Gasteiger partial charge in [-0.15, -0.1) is 0 Å². The van der Waals surface area contributed by atoms with Gasteiger partial charge in [0.05, 0.1) is 10.9 Å². The molecule has 0 aliphatic carbocycles. The zero-order chi connectivity index (χ0) is 21.7. The first kappa shape index (κ1) is 20.8. The van der Waals surface area contributed by atoms with Crippen LogP contribution in [0.15, 0.2) is 65.2 Å². The SMILES string of the molecule is CC(=O)c1ccc(N2C(=O)C[C@@H](SC(Nc3ccccc3)=C(C#N)C#N)C2=O)cc1. The minimum Gasteiger partial charge on any atom is -0.349 e. The Morgan fingerprint density at radius 2 is 1.70 bits per heavy atom. The van der Waals surface area contributed by atoms with E-state index in [4.69, 9.17) is 0 Å². The van der Waals surface area contributed by atoms with Gasteiger partial charge in [-0.2, -0.15) is 10.5 Å². The van der Waals surface area contributed by atoms with Crippen molar-refractivity contribution in [1.29, 1.82) is 10.5 Å². The van der Waals surface area contributed by atoms with Crippen LogP contribution >= 0.6 is 11.8 Å². The molecule has 30 heavy (non-hydrogen) atoms. The number of para-hydroxylation sites is 1. The van der Waals surface area contributed by atoms with Gasteiger partial charge in [-0.25, -0.2) is 4.90 Å². The predicted molar refractivity (Wildman–Crippen MR) is 113 cm³/mol. The second-order valence-electron chi connectivity index (χ2n) is 6.40. The summed E-state index contributed by atoms with van der Waals surface area (Å²) in [5, 5.41) is 21.0. The third kappa shape index (κ3) is 4.40. The van der Waals surface area contributed by atoms with Crippen LogP contribution in [0.3, 0.4) is 0 Å². The van der Waals surface area contributed by atoms with Crippen molar-refractivity contribution in [3.63, 3.8) is 0 Å². The average Bonchev–Trinajstić information content (AvgIpc) is 3.02. The molecule has 0 aromatic heterocycles. The molecule has 3 rings (SSSR count). The molecule has 1 atom stereocenters. The van der Waals surface area contributed by atoms with Crippen LogP contribution in [0, 0.1) is 22.7 Å². The molecule has 8 heteroatoms. The summed E-state index contributed by atoms with van der Waals surface area (Å²) >= 11 is 0.980. The maximum atomic E-state index is 12.9. The average molecular weight is 416 g/mol. The Balaban J connectivity index is 1.84. The van der Waals surface area contributed by atoms with Crippen molar-refractivity contribution in [3.8, 4) is 12.1 Å². The van der Waals surface area contributed by atoms with Crippen LogP contribution in [0.1, 0.15) is 23.7 Å². The number of nitrogens with zero attached hydrogens (tertiary/aromatic N) is 3. The van der Waals surface area contributed by atoms with Crippen molar-refractivity contribution in [2.75, 3.05) is 10.2 Å². The molecule has 2 aromatic carbocycles. The molecule has 1 aliphatic heterocycles. The lowest BCUT2D eigenvalue weighted by Crippen LogP contribution is -2.31. The number of nitriles is 2. The van der Waals surface area contributed by atoms with Gasteiger partial charge in [-0.3, -0.25) is 14.4 Å². The summed E-state index contributed by atoms with van der Waals surface area (Å²) in [6.07, 6.45) is -0.0674. The Bertz CT molecular complexity index is 1100. The first-order valence-electron chi connectivity index (χ1n) is 8.95. The smallest absolute Gasteiger partial charge is 0.247 e. The summed E-state index contributed by atoms with van der Waals surface area (Å²) in [6.45, 7) is 1.43. The minimum absolute atomic E-state index is 0.0674. The van der Waals surface area contributed by atoms with Crippen LogP contribution in [-0.4, -0.2) is 22.8 Å².